The SMILES string of the molecule is CCc1cc(CC)cc(-n2cc(C(=O)N(CC)c3cc(F)cc(F)c3)c(=O)c3ccc(OCCCCCCC[N+]4(C)CCCCC4)cc32)c1. The zero-order chi connectivity index (χ0) is 35.0. The van der Waals surface area contributed by atoms with Crippen molar-refractivity contribution in [2.75, 3.05) is 44.7 Å². The third kappa shape index (κ3) is 8.96. The van der Waals surface area contributed by atoms with E-state index >= 15 is 0 Å². The van der Waals surface area contributed by atoms with E-state index in [9.17, 15) is 18.4 Å². The summed E-state index contributed by atoms with van der Waals surface area (Å²) >= 11 is 0. The van der Waals surface area contributed by atoms with E-state index < -0.39 is 23.0 Å². The molecule has 3 aromatic carbocycles. The first kappa shape index (κ1) is 36.2. The highest BCUT2D eigenvalue weighted by Gasteiger charge is 2.25. The summed E-state index contributed by atoms with van der Waals surface area (Å²) in [6.07, 6.45) is 13.1. The van der Waals surface area contributed by atoms with Gasteiger partial charge >= 0.3 is 0 Å². The van der Waals surface area contributed by atoms with Crippen LogP contribution in [-0.2, 0) is 12.8 Å². The van der Waals surface area contributed by atoms with Gasteiger partial charge in [-0.3, -0.25) is 9.59 Å². The van der Waals surface area contributed by atoms with Gasteiger partial charge in [0.2, 0.25) is 5.43 Å². The number of anilines is 1. The smallest absolute Gasteiger partial charge is 0.263 e. The number of pyridine rings is 1. The zero-order valence-corrected chi connectivity index (χ0v) is 29.7. The molecule has 1 aliphatic heterocycles. The van der Waals surface area contributed by atoms with Crippen LogP contribution in [0.25, 0.3) is 16.6 Å². The van der Waals surface area contributed by atoms with Crippen LogP contribution in [0.15, 0.2) is 65.6 Å². The molecule has 0 radical (unpaired) electrons. The topological polar surface area (TPSA) is 51.5 Å². The maximum Gasteiger partial charge on any atom is 0.263 e. The summed E-state index contributed by atoms with van der Waals surface area (Å²) in [6.45, 7) is 10.5. The van der Waals surface area contributed by atoms with Crippen LogP contribution in [0.2, 0.25) is 0 Å². The van der Waals surface area contributed by atoms with E-state index in [-0.39, 0.29) is 17.8 Å². The molecular weight excluding hydrogens is 620 g/mol. The number of hydrogen-bond acceptors (Lipinski definition) is 3. The number of rotatable bonds is 15. The van der Waals surface area contributed by atoms with E-state index in [1.807, 2.05) is 10.6 Å². The van der Waals surface area contributed by atoms with Gasteiger partial charge in [-0.25, -0.2) is 8.78 Å². The predicted molar refractivity (Wildman–Crippen MR) is 195 cm³/mol. The van der Waals surface area contributed by atoms with E-state index in [1.54, 1.807) is 25.3 Å². The van der Waals surface area contributed by atoms with Gasteiger partial charge in [0, 0.05) is 41.6 Å². The lowest BCUT2D eigenvalue weighted by Crippen LogP contribution is -2.48. The summed E-state index contributed by atoms with van der Waals surface area (Å²) in [7, 11) is 2.41. The van der Waals surface area contributed by atoms with Crippen LogP contribution in [-0.4, -0.2) is 54.8 Å². The second-order valence-electron chi connectivity index (χ2n) is 13.8. The number of benzene rings is 3. The minimum atomic E-state index is -0.795. The Morgan fingerprint density at radius 1 is 0.837 bits per heavy atom. The Balaban J connectivity index is 1.38. The second-order valence-corrected chi connectivity index (χ2v) is 13.8. The van der Waals surface area contributed by atoms with Crippen molar-refractivity contribution in [3.05, 3.63) is 99.3 Å². The lowest BCUT2D eigenvalue weighted by atomic mass is 10.0. The molecule has 1 aliphatic rings. The largest absolute Gasteiger partial charge is 0.494 e. The minimum Gasteiger partial charge on any atom is -0.494 e. The van der Waals surface area contributed by atoms with E-state index in [0.717, 1.165) is 60.7 Å². The predicted octanol–water partition coefficient (Wildman–Crippen LogP) is 9.02. The molecule has 6 nitrogen and oxygen atoms in total. The molecule has 1 amide bonds. The van der Waals surface area contributed by atoms with E-state index in [1.165, 1.54) is 67.5 Å². The van der Waals surface area contributed by atoms with Crippen LogP contribution in [0.4, 0.5) is 14.5 Å². The van der Waals surface area contributed by atoms with Crippen molar-refractivity contribution in [2.45, 2.75) is 85.0 Å². The monoisotopic (exact) mass is 672 g/mol. The van der Waals surface area contributed by atoms with Gasteiger partial charge in [0.05, 0.1) is 38.8 Å². The molecule has 2 heterocycles. The molecule has 0 aliphatic carbocycles. The molecule has 1 saturated heterocycles. The maximum absolute atomic E-state index is 14.1. The number of fused-ring (bicyclic) bond motifs is 1. The van der Waals surface area contributed by atoms with E-state index in [4.69, 9.17) is 4.74 Å². The number of nitrogens with zero attached hydrogens (tertiary/aromatic N) is 3. The molecule has 0 spiro atoms. The highest BCUT2D eigenvalue weighted by Crippen LogP contribution is 2.27. The van der Waals surface area contributed by atoms with Crippen molar-refractivity contribution < 1.29 is 22.8 Å². The number of piperidine rings is 1. The molecule has 0 saturated carbocycles. The average Bonchev–Trinajstić information content (AvgIpc) is 3.09. The molecule has 49 heavy (non-hydrogen) atoms. The van der Waals surface area contributed by atoms with Crippen LogP contribution in [0, 0.1) is 11.6 Å². The van der Waals surface area contributed by atoms with Crippen LogP contribution in [0.3, 0.4) is 0 Å². The Labute approximate surface area is 289 Å². The first-order valence-electron chi connectivity index (χ1n) is 18.2. The molecule has 4 aromatic rings. The summed E-state index contributed by atoms with van der Waals surface area (Å²) < 4.78 is 37.6. The Morgan fingerprint density at radius 3 is 2.14 bits per heavy atom. The molecule has 1 fully saturated rings. The van der Waals surface area contributed by atoms with Crippen molar-refractivity contribution in [1.29, 1.82) is 0 Å². The van der Waals surface area contributed by atoms with Gasteiger partial charge in [-0.1, -0.05) is 32.8 Å². The second kappa shape index (κ2) is 16.6. The number of unbranched alkanes of at least 4 members (excludes halogenated alkanes) is 4. The molecular formula is C41H52F2N3O3+. The first-order valence-corrected chi connectivity index (χ1v) is 18.2. The van der Waals surface area contributed by atoms with Crippen molar-refractivity contribution in [3.8, 4) is 11.4 Å². The van der Waals surface area contributed by atoms with Crippen molar-refractivity contribution in [3.63, 3.8) is 0 Å². The average molecular weight is 673 g/mol. The number of ether oxygens (including phenoxy) is 1. The van der Waals surface area contributed by atoms with E-state index in [2.05, 4.69) is 39.1 Å². The number of carbonyl (C=O) groups excluding carboxylic acids is 1. The summed E-state index contributed by atoms with van der Waals surface area (Å²) in [4.78, 5) is 29.1. The Morgan fingerprint density at radius 2 is 1.49 bits per heavy atom. The van der Waals surface area contributed by atoms with Gasteiger partial charge in [0.25, 0.3) is 5.91 Å². The van der Waals surface area contributed by atoms with Gasteiger partial charge in [-0.05, 0) is 106 Å². The Kier molecular flexibility index (Phi) is 12.3. The lowest BCUT2D eigenvalue weighted by Gasteiger charge is -2.37. The number of aromatic nitrogens is 1. The van der Waals surface area contributed by atoms with Gasteiger partial charge in [0.15, 0.2) is 0 Å². The number of carbonyl (C=O) groups is 1. The van der Waals surface area contributed by atoms with Crippen LogP contribution in [0.5, 0.6) is 5.75 Å². The molecule has 0 unspecified atom stereocenters. The highest BCUT2D eigenvalue weighted by atomic mass is 19.1. The van der Waals surface area contributed by atoms with E-state index in [0.29, 0.717) is 23.3 Å². The molecule has 0 bridgehead atoms. The summed E-state index contributed by atoms with van der Waals surface area (Å²) in [5.41, 5.74) is 3.26. The molecule has 1 aromatic heterocycles. The Bertz CT molecular complexity index is 1770. The van der Waals surface area contributed by atoms with Gasteiger partial charge in [-0.15, -0.1) is 0 Å². The first-order chi connectivity index (χ1) is 23.6. The van der Waals surface area contributed by atoms with Gasteiger partial charge in [-0.2, -0.15) is 0 Å². The number of halogens is 2. The lowest BCUT2D eigenvalue weighted by molar-refractivity contribution is -0.914. The number of likely N-dealkylation sites (tertiary alicyclic amines) is 1. The summed E-state index contributed by atoms with van der Waals surface area (Å²) in [5, 5.41) is 0.365. The van der Waals surface area contributed by atoms with Gasteiger partial charge in [0.1, 0.15) is 22.9 Å². The normalized spacial score (nSPS) is 14.2. The maximum atomic E-state index is 14.1. The summed E-state index contributed by atoms with van der Waals surface area (Å²) in [5.74, 6) is -1.55. The fourth-order valence-electron chi connectivity index (χ4n) is 7.15. The fraction of sp³-hybridized carbons (Fsp3) is 0.463. The summed E-state index contributed by atoms with van der Waals surface area (Å²) in [6, 6.07) is 14.6. The number of amides is 1. The highest BCUT2D eigenvalue weighted by molar-refractivity contribution is 6.07. The zero-order valence-electron chi connectivity index (χ0n) is 29.7. The molecule has 5 rings (SSSR count). The number of aryl methyl sites for hydroxylation is 2. The molecule has 0 atom stereocenters. The standard InChI is InChI=1S/C41H52F2N3O3/c1-5-30-22-31(6-2)24-34(23-30)45-29-38(41(48)44(7-3)35-26-32(42)25-33(43)27-35)40(47)37-17-16-36(28-39(37)45)49-21-15-10-8-9-12-18-46(4)19-13-11-14-20-46/h16-17,22-29H,5-15,18-21H2,1-4H3/q+1. The molecule has 262 valence electrons. The van der Waals surface area contributed by atoms with Crippen molar-refractivity contribution >= 4 is 22.5 Å². The molecule has 8 heteroatoms. The number of hydrogen-bond donors (Lipinski definition) is 0. The molecule has 0 N–H and O–H groups in total. The Hall–Kier alpha value is -4.04. The van der Waals surface area contributed by atoms with Crippen molar-refractivity contribution in [2.24, 2.45) is 0 Å². The number of quaternary nitrogens is 1. The van der Waals surface area contributed by atoms with Crippen LogP contribution in [0.1, 0.15) is 93.6 Å². The quantitative estimate of drug-likeness (QED) is 0.0936. The third-order valence-corrected chi connectivity index (χ3v) is 10.1. The van der Waals surface area contributed by atoms with Crippen LogP contribution < -0.4 is 15.1 Å². The minimum absolute atomic E-state index is 0.0544. The third-order valence-electron chi connectivity index (χ3n) is 10.1. The van der Waals surface area contributed by atoms with Crippen LogP contribution >= 0.6 is 0 Å². The van der Waals surface area contributed by atoms with Crippen molar-refractivity contribution in [1.82, 2.24) is 4.57 Å². The fourth-order valence-corrected chi connectivity index (χ4v) is 7.15. The van der Waals surface area contributed by atoms with Gasteiger partial charge < -0.3 is 18.7 Å².